The lowest BCUT2D eigenvalue weighted by Gasteiger charge is -2.30. The Kier molecular flexibility index (Phi) is 3.27. The van der Waals surface area contributed by atoms with Gasteiger partial charge in [0.05, 0.1) is 4.99 Å². The molecule has 64 valence electrons. The highest BCUT2D eigenvalue weighted by molar-refractivity contribution is 7.80. The van der Waals surface area contributed by atoms with Crippen LogP contribution in [0.2, 0.25) is 0 Å². The summed E-state index contributed by atoms with van der Waals surface area (Å²) in [7, 11) is 0. The van der Waals surface area contributed by atoms with E-state index >= 15 is 0 Å². The van der Waals surface area contributed by atoms with Crippen LogP contribution < -0.4 is 5.73 Å². The zero-order valence-electron chi connectivity index (χ0n) is 7.05. The van der Waals surface area contributed by atoms with Gasteiger partial charge in [-0.2, -0.15) is 0 Å². The maximum Gasteiger partial charge on any atom is 0.0771 e. The van der Waals surface area contributed by atoms with Crippen LogP contribution in [0.1, 0.15) is 19.8 Å². The van der Waals surface area contributed by atoms with Crippen molar-refractivity contribution in [3.05, 3.63) is 0 Å². The van der Waals surface area contributed by atoms with E-state index in [0.717, 1.165) is 13.1 Å². The van der Waals surface area contributed by atoms with Crippen LogP contribution in [0.3, 0.4) is 0 Å². The molecule has 1 fully saturated rings. The minimum atomic E-state index is 0.471. The van der Waals surface area contributed by atoms with Gasteiger partial charge in [0.25, 0.3) is 0 Å². The van der Waals surface area contributed by atoms with E-state index < -0.39 is 0 Å². The fourth-order valence-electron chi connectivity index (χ4n) is 1.57. The highest BCUT2D eigenvalue weighted by Gasteiger charge is 2.19. The van der Waals surface area contributed by atoms with E-state index in [4.69, 9.17) is 18.0 Å². The highest BCUT2D eigenvalue weighted by atomic mass is 32.1. The van der Waals surface area contributed by atoms with Gasteiger partial charge in [-0.25, -0.2) is 0 Å². The molecule has 0 aromatic heterocycles. The Morgan fingerprint density at radius 3 is 3.00 bits per heavy atom. The lowest BCUT2D eigenvalue weighted by atomic mass is 9.98. The van der Waals surface area contributed by atoms with Gasteiger partial charge in [-0.15, -0.1) is 0 Å². The quantitative estimate of drug-likeness (QED) is 0.630. The lowest BCUT2D eigenvalue weighted by Crippen LogP contribution is -2.40. The third kappa shape index (κ3) is 2.42. The zero-order valence-corrected chi connectivity index (χ0v) is 7.86. The van der Waals surface area contributed by atoms with Gasteiger partial charge in [-0.05, 0) is 25.9 Å². The summed E-state index contributed by atoms with van der Waals surface area (Å²) in [6, 6.07) is 0. The molecule has 0 spiro atoms. The summed E-state index contributed by atoms with van der Waals surface area (Å²) in [5.41, 5.74) is 5.59. The van der Waals surface area contributed by atoms with Crippen LogP contribution in [0, 0.1) is 5.92 Å². The average molecular weight is 172 g/mol. The Bertz CT molecular complexity index is 147. The standard InChI is InChI=1S/C8H16N2S/c1-2-10-5-3-4-7(6-10)8(9)11/h7H,2-6H2,1H3,(H2,9,11). The minimum absolute atomic E-state index is 0.471. The molecule has 0 radical (unpaired) electrons. The Hall–Kier alpha value is -0.150. The summed E-state index contributed by atoms with van der Waals surface area (Å²) in [5.74, 6) is 0.471. The molecule has 0 aromatic carbocycles. The number of nitrogens with two attached hydrogens (primary N) is 1. The van der Waals surface area contributed by atoms with E-state index in [1.807, 2.05) is 0 Å². The molecule has 0 amide bonds. The Labute approximate surface area is 73.7 Å². The Balaban J connectivity index is 2.39. The zero-order chi connectivity index (χ0) is 8.27. The van der Waals surface area contributed by atoms with Gasteiger partial charge in [0, 0.05) is 12.5 Å². The van der Waals surface area contributed by atoms with Crippen LogP contribution >= 0.6 is 12.2 Å². The Morgan fingerprint density at radius 2 is 2.45 bits per heavy atom. The maximum atomic E-state index is 5.59. The molecule has 0 bridgehead atoms. The van der Waals surface area contributed by atoms with Gasteiger partial charge in [-0.3, -0.25) is 0 Å². The average Bonchev–Trinajstić information content (AvgIpc) is 2.05. The summed E-state index contributed by atoms with van der Waals surface area (Å²) in [5, 5.41) is 0. The summed E-state index contributed by atoms with van der Waals surface area (Å²) in [6.45, 7) is 5.60. The van der Waals surface area contributed by atoms with Crippen molar-refractivity contribution in [3.63, 3.8) is 0 Å². The van der Waals surface area contributed by atoms with Gasteiger partial charge in [0.15, 0.2) is 0 Å². The molecule has 1 aliphatic heterocycles. The SMILES string of the molecule is CCN1CCCC(C(N)=S)C1. The lowest BCUT2D eigenvalue weighted by molar-refractivity contribution is 0.215. The molecule has 1 heterocycles. The predicted octanol–water partition coefficient (Wildman–Crippen LogP) is 1.00. The number of nitrogens with zero attached hydrogens (tertiary/aromatic N) is 1. The van der Waals surface area contributed by atoms with E-state index in [1.54, 1.807) is 0 Å². The van der Waals surface area contributed by atoms with Gasteiger partial charge >= 0.3 is 0 Å². The molecule has 1 aliphatic rings. The molecule has 1 unspecified atom stereocenters. The van der Waals surface area contributed by atoms with Crippen LogP contribution in [0.15, 0.2) is 0 Å². The largest absolute Gasteiger partial charge is 0.393 e. The van der Waals surface area contributed by atoms with E-state index in [2.05, 4.69) is 11.8 Å². The van der Waals surface area contributed by atoms with Crippen molar-refractivity contribution in [2.45, 2.75) is 19.8 Å². The number of hydrogen-bond donors (Lipinski definition) is 1. The van der Waals surface area contributed by atoms with E-state index in [-0.39, 0.29) is 0 Å². The third-order valence-corrected chi connectivity index (χ3v) is 2.69. The van der Waals surface area contributed by atoms with Crippen molar-refractivity contribution in [2.75, 3.05) is 19.6 Å². The molecule has 1 rings (SSSR count). The van der Waals surface area contributed by atoms with E-state index in [1.165, 1.54) is 19.4 Å². The smallest absolute Gasteiger partial charge is 0.0771 e. The number of likely N-dealkylation sites (tertiary alicyclic amines) is 1. The number of hydrogen-bond acceptors (Lipinski definition) is 2. The summed E-state index contributed by atoms with van der Waals surface area (Å²) in [6.07, 6.45) is 2.43. The van der Waals surface area contributed by atoms with E-state index in [9.17, 15) is 0 Å². The van der Waals surface area contributed by atoms with Crippen molar-refractivity contribution in [1.29, 1.82) is 0 Å². The summed E-state index contributed by atoms with van der Waals surface area (Å²) in [4.78, 5) is 3.11. The van der Waals surface area contributed by atoms with Crippen molar-refractivity contribution in [1.82, 2.24) is 4.90 Å². The molecule has 2 N–H and O–H groups in total. The molecular formula is C8H16N2S. The number of piperidine rings is 1. The first-order chi connectivity index (χ1) is 5.24. The molecule has 2 nitrogen and oxygen atoms in total. The van der Waals surface area contributed by atoms with Crippen LogP contribution in [0.5, 0.6) is 0 Å². The maximum absolute atomic E-state index is 5.59. The van der Waals surface area contributed by atoms with Crippen LogP contribution in [0.25, 0.3) is 0 Å². The molecule has 1 saturated heterocycles. The molecule has 11 heavy (non-hydrogen) atoms. The first kappa shape index (κ1) is 8.94. The topological polar surface area (TPSA) is 29.3 Å². The molecule has 1 atom stereocenters. The number of thiocarbonyl (C=S) groups is 1. The number of rotatable bonds is 2. The first-order valence-electron chi connectivity index (χ1n) is 4.25. The molecular weight excluding hydrogens is 156 g/mol. The second-order valence-electron chi connectivity index (χ2n) is 3.13. The normalized spacial score (nSPS) is 26.8. The van der Waals surface area contributed by atoms with Gasteiger partial charge in [0.1, 0.15) is 0 Å². The second-order valence-corrected chi connectivity index (χ2v) is 3.61. The summed E-state index contributed by atoms with van der Waals surface area (Å²) >= 11 is 4.97. The Morgan fingerprint density at radius 1 is 1.73 bits per heavy atom. The van der Waals surface area contributed by atoms with Crippen molar-refractivity contribution >= 4 is 17.2 Å². The molecule has 0 aliphatic carbocycles. The van der Waals surface area contributed by atoms with E-state index in [0.29, 0.717) is 10.9 Å². The van der Waals surface area contributed by atoms with Crippen molar-refractivity contribution < 1.29 is 0 Å². The van der Waals surface area contributed by atoms with Crippen molar-refractivity contribution in [3.8, 4) is 0 Å². The molecule has 0 saturated carbocycles. The fraction of sp³-hybridized carbons (Fsp3) is 0.875. The monoisotopic (exact) mass is 172 g/mol. The third-order valence-electron chi connectivity index (χ3n) is 2.36. The van der Waals surface area contributed by atoms with Gasteiger partial charge < -0.3 is 10.6 Å². The molecule has 3 heteroatoms. The fourth-order valence-corrected chi connectivity index (χ4v) is 1.77. The van der Waals surface area contributed by atoms with Gasteiger partial charge in [0.2, 0.25) is 0 Å². The second kappa shape index (κ2) is 4.02. The molecule has 0 aromatic rings. The highest BCUT2D eigenvalue weighted by Crippen LogP contribution is 2.15. The van der Waals surface area contributed by atoms with Crippen LogP contribution in [0.4, 0.5) is 0 Å². The van der Waals surface area contributed by atoms with Crippen molar-refractivity contribution in [2.24, 2.45) is 11.7 Å². The van der Waals surface area contributed by atoms with Crippen LogP contribution in [-0.2, 0) is 0 Å². The van der Waals surface area contributed by atoms with Crippen LogP contribution in [-0.4, -0.2) is 29.5 Å². The van der Waals surface area contributed by atoms with Gasteiger partial charge in [-0.1, -0.05) is 19.1 Å². The predicted molar refractivity (Wildman–Crippen MR) is 51.6 cm³/mol. The summed E-state index contributed by atoms with van der Waals surface area (Å²) < 4.78 is 0. The first-order valence-corrected chi connectivity index (χ1v) is 4.66. The minimum Gasteiger partial charge on any atom is -0.393 e.